The van der Waals surface area contributed by atoms with Crippen LogP contribution in [0.5, 0.6) is 0 Å². The maximum absolute atomic E-state index is 14.1. The zero-order valence-electron chi connectivity index (χ0n) is 17.1. The maximum Gasteiger partial charge on any atom is 0.227 e. The molecule has 1 unspecified atom stereocenters. The minimum atomic E-state index is -0.576. The van der Waals surface area contributed by atoms with Crippen LogP contribution in [-0.2, 0) is 17.8 Å². The number of pyridine rings is 1. The maximum atomic E-state index is 14.1. The van der Waals surface area contributed by atoms with Crippen molar-refractivity contribution in [3.63, 3.8) is 0 Å². The number of carbonyl (C=O) groups excluding carboxylic acids is 1. The predicted molar refractivity (Wildman–Crippen MR) is 123 cm³/mol. The zero-order valence-corrected chi connectivity index (χ0v) is 18.6. The van der Waals surface area contributed by atoms with Crippen molar-refractivity contribution >= 4 is 40.5 Å². The molecule has 0 bridgehead atoms. The van der Waals surface area contributed by atoms with Crippen molar-refractivity contribution in [1.29, 1.82) is 0 Å². The first-order valence-corrected chi connectivity index (χ1v) is 11.0. The van der Waals surface area contributed by atoms with E-state index in [4.69, 9.17) is 23.2 Å². The summed E-state index contributed by atoms with van der Waals surface area (Å²) < 4.78 is 28.2. The zero-order chi connectivity index (χ0) is 22.7. The number of nitrogens with one attached hydrogen (secondary N) is 1. The van der Waals surface area contributed by atoms with Gasteiger partial charge in [0.2, 0.25) is 5.91 Å². The number of anilines is 2. The second-order valence-electron chi connectivity index (χ2n) is 7.78. The molecule has 166 valence electrons. The van der Waals surface area contributed by atoms with Crippen molar-refractivity contribution in [3.8, 4) is 0 Å². The molecule has 2 heterocycles. The van der Waals surface area contributed by atoms with Gasteiger partial charge in [-0.1, -0.05) is 35.3 Å². The van der Waals surface area contributed by atoms with Crippen molar-refractivity contribution < 1.29 is 13.6 Å². The lowest BCUT2D eigenvalue weighted by atomic mass is 9.90. The number of aromatic nitrogens is 1. The molecule has 1 aliphatic rings. The van der Waals surface area contributed by atoms with Crippen LogP contribution in [-0.4, -0.2) is 17.4 Å². The van der Waals surface area contributed by atoms with E-state index in [1.165, 1.54) is 23.1 Å². The van der Waals surface area contributed by atoms with Crippen molar-refractivity contribution in [2.45, 2.75) is 25.8 Å². The second kappa shape index (κ2) is 9.84. The third-order valence-electron chi connectivity index (χ3n) is 5.55. The van der Waals surface area contributed by atoms with Gasteiger partial charge >= 0.3 is 0 Å². The van der Waals surface area contributed by atoms with E-state index < -0.39 is 11.6 Å². The van der Waals surface area contributed by atoms with E-state index >= 15 is 0 Å². The molecule has 3 aromatic rings. The van der Waals surface area contributed by atoms with Crippen LogP contribution < -0.4 is 10.2 Å². The van der Waals surface area contributed by atoms with Gasteiger partial charge in [0.1, 0.15) is 11.6 Å². The van der Waals surface area contributed by atoms with E-state index in [-0.39, 0.29) is 36.8 Å². The highest BCUT2D eigenvalue weighted by Crippen LogP contribution is 2.39. The minimum absolute atomic E-state index is 0.0399. The Bertz CT molecular complexity index is 1080. The fourth-order valence-corrected chi connectivity index (χ4v) is 4.62. The number of hydrogen-bond donors (Lipinski definition) is 1. The largest absolute Gasteiger partial charge is 0.379 e. The molecule has 1 aromatic heterocycles. The van der Waals surface area contributed by atoms with Gasteiger partial charge in [-0.15, -0.1) is 0 Å². The number of amides is 1. The third kappa shape index (κ3) is 5.03. The molecule has 1 saturated heterocycles. The first-order chi connectivity index (χ1) is 15.4. The summed E-state index contributed by atoms with van der Waals surface area (Å²) in [5.74, 6) is -1.39. The predicted octanol–water partition coefficient (Wildman–Crippen LogP) is 6.26. The Morgan fingerprint density at radius 3 is 2.44 bits per heavy atom. The van der Waals surface area contributed by atoms with E-state index in [2.05, 4.69) is 10.3 Å². The van der Waals surface area contributed by atoms with Gasteiger partial charge in [-0.25, -0.2) is 8.78 Å². The van der Waals surface area contributed by atoms with Gasteiger partial charge in [0, 0.05) is 30.4 Å². The Morgan fingerprint density at radius 2 is 1.78 bits per heavy atom. The standard InChI is InChI=1S/C24H21Cl2F2N3O/c25-19-11-17(30-13-16-4-1-2-9-29-16)12-20(26)24(19)31-14-15(7-8-23(31)32)10-18-21(27)5-3-6-22(18)28/h1-6,9,11-12,15,30H,7-8,10,13-14H2. The van der Waals surface area contributed by atoms with Crippen LogP contribution in [0.25, 0.3) is 0 Å². The number of halogens is 4. The Labute approximate surface area is 195 Å². The number of nitrogens with zero attached hydrogens (tertiary/aromatic N) is 2. The summed E-state index contributed by atoms with van der Waals surface area (Å²) in [6.07, 6.45) is 2.71. The average Bonchev–Trinajstić information content (AvgIpc) is 2.77. The summed E-state index contributed by atoms with van der Waals surface area (Å²) in [6, 6.07) is 12.9. The minimum Gasteiger partial charge on any atom is -0.379 e. The van der Waals surface area contributed by atoms with Gasteiger partial charge < -0.3 is 10.2 Å². The molecule has 0 radical (unpaired) electrons. The molecule has 1 amide bonds. The number of piperidine rings is 1. The van der Waals surface area contributed by atoms with E-state index in [1.54, 1.807) is 18.3 Å². The summed E-state index contributed by atoms with van der Waals surface area (Å²) in [7, 11) is 0. The summed E-state index contributed by atoms with van der Waals surface area (Å²) in [6.45, 7) is 0.776. The van der Waals surface area contributed by atoms with Gasteiger partial charge in [0.05, 0.1) is 28.0 Å². The molecule has 4 nitrogen and oxygen atoms in total. The van der Waals surface area contributed by atoms with Crippen LogP contribution in [0.3, 0.4) is 0 Å². The normalized spacial score (nSPS) is 16.3. The summed E-state index contributed by atoms with van der Waals surface area (Å²) in [5.41, 5.74) is 2.01. The smallest absolute Gasteiger partial charge is 0.227 e. The Hall–Kier alpha value is -2.70. The van der Waals surface area contributed by atoms with Gasteiger partial charge in [-0.3, -0.25) is 9.78 Å². The molecule has 1 N–H and O–H groups in total. The molecular formula is C24H21Cl2F2N3O. The molecule has 32 heavy (non-hydrogen) atoms. The molecule has 1 fully saturated rings. The Kier molecular flexibility index (Phi) is 6.92. The lowest BCUT2D eigenvalue weighted by molar-refractivity contribution is -0.120. The molecule has 2 aromatic carbocycles. The van der Waals surface area contributed by atoms with E-state index in [0.29, 0.717) is 34.4 Å². The molecule has 8 heteroatoms. The third-order valence-corrected chi connectivity index (χ3v) is 6.13. The molecule has 0 saturated carbocycles. The molecule has 0 spiro atoms. The molecule has 4 rings (SSSR count). The van der Waals surface area contributed by atoms with Crippen LogP contribution in [0.4, 0.5) is 20.2 Å². The van der Waals surface area contributed by atoms with Crippen molar-refractivity contribution in [2.75, 3.05) is 16.8 Å². The number of carbonyl (C=O) groups is 1. The van der Waals surface area contributed by atoms with E-state index in [0.717, 1.165) is 5.69 Å². The molecule has 1 atom stereocenters. The highest BCUT2D eigenvalue weighted by atomic mass is 35.5. The topological polar surface area (TPSA) is 45.2 Å². The second-order valence-corrected chi connectivity index (χ2v) is 8.59. The van der Waals surface area contributed by atoms with Crippen molar-refractivity contribution in [2.24, 2.45) is 5.92 Å². The van der Waals surface area contributed by atoms with Gasteiger partial charge in [-0.05, 0) is 55.2 Å². The number of rotatable bonds is 6. The van der Waals surface area contributed by atoms with Crippen LogP contribution in [0, 0.1) is 17.6 Å². The first kappa shape index (κ1) is 22.5. The Balaban J connectivity index is 1.51. The first-order valence-electron chi connectivity index (χ1n) is 10.3. The van der Waals surface area contributed by atoms with Crippen LogP contribution >= 0.6 is 23.2 Å². The van der Waals surface area contributed by atoms with E-state index in [1.807, 2.05) is 18.2 Å². The average molecular weight is 476 g/mol. The lowest BCUT2D eigenvalue weighted by Crippen LogP contribution is -2.41. The number of hydrogen-bond acceptors (Lipinski definition) is 3. The molecular weight excluding hydrogens is 455 g/mol. The fraction of sp³-hybridized carbons (Fsp3) is 0.250. The SMILES string of the molecule is O=C1CCC(Cc2c(F)cccc2F)CN1c1c(Cl)cc(NCc2ccccn2)cc1Cl. The molecule has 1 aliphatic heterocycles. The van der Waals surface area contributed by atoms with E-state index in [9.17, 15) is 13.6 Å². The van der Waals surface area contributed by atoms with Crippen LogP contribution in [0.15, 0.2) is 54.7 Å². The monoisotopic (exact) mass is 475 g/mol. The Morgan fingerprint density at radius 1 is 1.06 bits per heavy atom. The van der Waals surface area contributed by atoms with Gasteiger partial charge in [0.25, 0.3) is 0 Å². The quantitative estimate of drug-likeness (QED) is 0.457. The highest BCUT2D eigenvalue weighted by Gasteiger charge is 2.30. The highest BCUT2D eigenvalue weighted by molar-refractivity contribution is 6.40. The van der Waals surface area contributed by atoms with Crippen molar-refractivity contribution in [3.05, 3.63) is 87.7 Å². The summed E-state index contributed by atoms with van der Waals surface area (Å²) in [5, 5.41) is 3.87. The summed E-state index contributed by atoms with van der Waals surface area (Å²) >= 11 is 13.0. The fourth-order valence-electron chi connectivity index (χ4n) is 3.93. The number of benzene rings is 2. The molecule has 0 aliphatic carbocycles. The van der Waals surface area contributed by atoms with Crippen molar-refractivity contribution in [1.82, 2.24) is 4.98 Å². The van der Waals surface area contributed by atoms with Gasteiger partial charge in [-0.2, -0.15) is 0 Å². The van der Waals surface area contributed by atoms with Gasteiger partial charge in [0.15, 0.2) is 0 Å². The lowest BCUT2D eigenvalue weighted by Gasteiger charge is -2.34. The van der Waals surface area contributed by atoms with Crippen LogP contribution in [0.1, 0.15) is 24.1 Å². The summed E-state index contributed by atoms with van der Waals surface area (Å²) in [4.78, 5) is 18.5. The van der Waals surface area contributed by atoms with Crippen LogP contribution in [0.2, 0.25) is 10.0 Å².